The van der Waals surface area contributed by atoms with Gasteiger partial charge in [-0.1, -0.05) is 82.8 Å². The Bertz CT molecular complexity index is 1560. The van der Waals surface area contributed by atoms with Crippen LogP contribution in [0.4, 0.5) is 0 Å². The van der Waals surface area contributed by atoms with Crippen LogP contribution in [0.15, 0.2) is 49.1 Å². The van der Waals surface area contributed by atoms with Crippen molar-refractivity contribution in [1.29, 1.82) is 0 Å². The highest BCUT2D eigenvalue weighted by Crippen LogP contribution is 2.42. The highest BCUT2D eigenvalue weighted by atomic mass is 28.3. The summed E-state index contributed by atoms with van der Waals surface area (Å²) in [5, 5.41) is 15.0. The largest absolute Gasteiger partial charge is 0.396 e. The van der Waals surface area contributed by atoms with Crippen LogP contribution in [-0.2, 0) is 48.9 Å². The lowest BCUT2D eigenvalue weighted by atomic mass is 9.77. The molecule has 3 fully saturated rings. The molecule has 0 atom stereocenters. The summed E-state index contributed by atoms with van der Waals surface area (Å²) in [4.78, 5) is 15.1. The maximum atomic E-state index is 11.2. The molecule has 1 aliphatic carbocycles. The summed E-state index contributed by atoms with van der Waals surface area (Å²) in [7, 11) is -2.37. The van der Waals surface area contributed by atoms with Crippen molar-refractivity contribution in [2.45, 2.75) is 148 Å². The van der Waals surface area contributed by atoms with Gasteiger partial charge >= 0.3 is 0 Å². The summed E-state index contributed by atoms with van der Waals surface area (Å²) < 4.78 is 16.5. The summed E-state index contributed by atoms with van der Waals surface area (Å²) in [6, 6.07) is 12.3. The highest BCUT2D eigenvalue weighted by molar-refractivity contribution is 6.76. The number of rotatable bonds is 22. The van der Waals surface area contributed by atoms with Crippen LogP contribution in [0.25, 0.3) is 0 Å². The van der Waals surface area contributed by atoms with Gasteiger partial charge in [-0.05, 0) is 80.4 Å². The van der Waals surface area contributed by atoms with Gasteiger partial charge in [-0.15, -0.1) is 0 Å². The van der Waals surface area contributed by atoms with Crippen LogP contribution in [0.5, 0.6) is 0 Å². The number of aromatic nitrogens is 4. The lowest BCUT2D eigenvalue weighted by Gasteiger charge is -2.43. The van der Waals surface area contributed by atoms with E-state index in [2.05, 4.69) is 87.8 Å². The fourth-order valence-electron chi connectivity index (χ4n) is 9.23. The van der Waals surface area contributed by atoms with E-state index in [1.807, 2.05) is 24.8 Å². The van der Waals surface area contributed by atoms with Crippen molar-refractivity contribution < 1.29 is 14.6 Å². The lowest BCUT2D eigenvalue weighted by molar-refractivity contribution is 0.0615. The Morgan fingerprint density at radius 3 is 1.86 bits per heavy atom. The maximum absolute atomic E-state index is 11.2. The summed E-state index contributed by atoms with van der Waals surface area (Å²) in [6.07, 6.45) is 20.2. The number of benzene rings is 1. The molecule has 10 nitrogen and oxygen atoms in total. The van der Waals surface area contributed by atoms with Gasteiger partial charge in [-0.3, -0.25) is 4.90 Å². The van der Waals surface area contributed by atoms with Gasteiger partial charge in [0.05, 0.1) is 6.61 Å². The number of nitrogens with one attached hydrogen (secondary N) is 1. The second-order valence-corrected chi connectivity index (χ2v) is 31.8. The molecule has 0 radical (unpaired) electrons. The summed E-state index contributed by atoms with van der Waals surface area (Å²) in [6.45, 7) is 24.2. The van der Waals surface area contributed by atoms with Crippen LogP contribution in [0.3, 0.4) is 0 Å². The third-order valence-electron chi connectivity index (χ3n) is 13.2. The van der Waals surface area contributed by atoms with E-state index in [1.54, 1.807) is 0 Å². The molecule has 57 heavy (non-hydrogen) atoms. The number of hydrogen-bond acceptors (Lipinski definition) is 8. The fourth-order valence-corrected chi connectivity index (χ4v) is 10.7. The van der Waals surface area contributed by atoms with Crippen LogP contribution in [-0.4, -0.2) is 109 Å². The van der Waals surface area contributed by atoms with E-state index in [9.17, 15) is 5.11 Å². The molecule has 1 aromatic carbocycles. The average molecular weight is 820 g/mol. The molecule has 1 saturated carbocycles. The summed E-state index contributed by atoms with van der Waals surface area (Å²) >= 11 is 0. The van der Waals surface area contributed by atoms with Gasteiger partial charge < -0.3 is 33.9 Å². The highest BCUT2D eigenvalue weighted by Gasteiger charge is 2.41. The van der Waals surface area contributed by atoms with Crippen LogP contribution in [0, 0.1) is 10.8 Å². The topological polar surface area (TPSA) is 92.8 Å². The number of nitrogens with zero attached hydrogens (tertiary/aromatic N) is 6. The zero-order valence-corrected chi connectivity index (χ0v) is 38.6. The molecule has 12 heteroatoms. The maximum Gasteiger partial charge on any atom is 0.123 e. The number of aliphatic hydroxyl groups excluding tert-OH is 1. The normalized spacial score (nSPS) is 18.9. The quantitative estimate of drug-likeness (QED) is 0.0782. The van der Waals surface area contributed by atoms with E-state index in [0.29, 0.717) is 38.3 Å². The number of imidazole rings is 2. The van der Waals surface area contributed by atoms with Crippen molar-refractivity contribution in [3.8, 4) is 0 Å². The molecule has 0 unspecified atom stereocenters. The second-order valence-electron chi connectivity index (χ2n) is 20.5. The molecule has 2 saturated heterocycles. The van der Waals surface area contributed by atoms with Crippen LogP contribution in [0.1, 0.15) is 74.1 Å². The van der Waals surface area contributed by atoms with E-state index in [0.717, 1.165) is 56.1 Å². The van der Waals surface area contributed by atoms with Crippen LogP contribution in [0.2, 0.25) is 51.4 Å². The number of ether oxygens (including phenoxy) is 2. The molecule has 3 aromatic rings. The Balaban J connectivity index is 1.04. The molecule has 1 spiro atoms. The predicted molar refractivity (Wildman–Crippen MR) is 238 cm³/mol. The van der Waals surface area contributed by atoms with E-state index in [-0.39, 0.29) is 6.61 Å². The average Bonchev–Trinajstić information content (AvgIpc) is 3.93. The molecular formula is C45H77N7O3Si2. The molecule has 4 heterocycles. The van der Waals surface area contributed by atoms with Crippen molar-refractivity contribution in [3.05, 3.63) is 71.8 Å². The Morgan fingerprint density at radius 1 is 0.772 bits per heavy atom. The monoisotopic (exact) mass is 820 g/mol. The summed E-state index contributed by atoms with van der Waals surface area (Å²) in [5.41, 5.74) is 2.66. The van der Waals surface area contributed by atoms with Gasteiger partial charge in [-0.25, -0.2) is 9.97 Å². The molecule has 0 bridgehead atoms. The number of piperidine rings is 1. The molecule has 3 aliphatic rings. The molecule has 2 N–H and O–H groups in total. The summed E-state index contributed by atoms with van der Waals surface area (Å²) in [5.74, 6) is 1.84. The first-order valence-electron chi connectivity index (χ1n) is 22.3. The Kier molecular flexibility index (Phi) is 15.9. The molecule has 318 valence electrons. The van der Waals surface area contributed by atoms with Gasteiger partial charge in [0.25, 0.3) is 0 Å². The van der Waals surface area contributed by atoms with E-state index in [1.165, 1.54) is 88.7 Å². The van der Waals surface area contributed by atoms with Crippen LogP contribution >= 0.6 is 0 Å². The molecule has 6 rings (SSSR count). The SMILES string of the molecule is C[Si](C)(C)CCOCn1ccnc1CC(CO)(CNCc1ccc(CN2CCC3(CCN(C4CCCCC4)CC3)C2)cc1)Cc1nccn1COCC[Si](C)(C)C. The second kappa shape index (κ2) is 20.4. The Morgan fingerprint density at radius 2 is 1.32 bits per heavy atom. The Hall–Kier alpha value is -2.17. The third kappa shape index (κ3) is 13.7. The first kappa shape index (κ1) is 44.4. The van der Waals surface area contributed by atoms with Gasteiger partial charge in [-0.2, -0.15) is 0 Å². The number of aliphatic hydroxyl groups is 1. The van der Waals surface area contributed by atoms with Crippen molar-refractivity contribution in [3.63, 3.8) is 0 Å². The minimum Gasteiger partial charge on any atom is -0.396 e. The standard InChI is InChI=1S/C45H77N7O3Si2/c1-56(2,3)28-26-54-37-51-24-19-47-42(51)30-45(36-53,31-43-48-20-25-52(43)38-55-27-29-57(4,5)6)34-46-32-39-12-14-40(15-13-39)33-49-21-16-44(35-49)17-22-50(23-18-44)41-10-8-7-9-11-41/h12-15,19-20,24-25,41,46,53H,7-11,16-18,21-23,26-38H2,1-6H3. The van der Waals surface area contributed by atoms with Gasteiger partial charge in [0, 0.05) is 105 Å². The smallest absolute Gasteiger partial charge is 0.123 e. The van der Waals surface area contributed by atoms with Crippen molar-refractivity contribution in [2.75, 3.05) is 52.5 Å². The number of likely N-dealkylation sites (tertiary alicyclic amines) is 2. The Labute approximate surface area is 347 Å². The van der Waals surface area contributed by atoms with E-state index < -0.39 is 21.6 Å². The predicted octanol–water partition coefficient (Wildman–Crippen LogP) is 7.88. The molecule has 2 aromatic heterocycles. The first-order valence-corrected chi connectivity index (χ1v) is 29.7. The van der Waals surface area contributed by atoms with Crippen molar-refractivity contribution in [1.82, 2.24) is 34.2 Å². The fraction of sp³-hybridized carbons (Fsp3) is 0.733. The van der Waals surface area contributed by atoms with Crippen molar-refractivity contribution >= 4 is 16.1 Å². The zero-order chi connectivity index (χ0) is 40.4. The van der Waals surface area contributed by atoms with Crippen molar-refractivity contribution in [2.24, 2.45) is 10.8 Å². The van der Waals surface area contributed by atoms with E-state index >= 15 is 0 Å². The molecule has 0 amide bonds. The lowest BCUT2D eigenvalue weighted by Crippen LogP contribution is -2.46. The minimum absolute atomic E-state index is 0.00155. The third-order valence-corrected chi connectivity index (χ3v) is 16.6. The minimum atomic E-state index is -1.18. The first-order chi connectivity index (χ1) is 27.3. The van der Waals surface area contributed by atoms with E-state index in [4.69, 9.17) is 19.4 Å². The van der Waals surface area contributed by atoms with Crippen LogP contribution < -0.4 is 5.32 Å². The van der Waals surface area contributed by atoms with Gasteiger partial charge in [0.2, 0.25) is 0 Å². The number of hydrogen-bond donors (Lipinski definition) is 2. The molecular weight excluding hydrogens is 743 g/mol. The van der Waals surface area contributed by atoms with Gasteiger partial charge in [0.1, 0.15) is 25.1 Å². The van der Waals surface area contributed by atoms with Gasteiger partial charge in [0.15, 0.2) is 0 Å². The molecule has 2 aliphatic heterocycles. The zero-order valence-electron chi connectivity index (χ0n) is 36.6.